The van der Waals surface area contributed by atoms with Gasteiger partial charge in [0.15, 0.2) is 0 Å². The third-order valence-corrected chi connectivity index (χ3v) is 4.10. The van der Waals surface area contributed by atoms with Gasteiger partial charge in [-0.25, -0.2) is 0 Å². The molecule has 0 saturated carbocycles. The lowest BCUT2D eigenvalue weighted by Gasteiger charge is -2.32. The van der Waals surface area contributed by atoms with E-state index in [0.717, 1.165) is 37.6 Å². The summed E-state index contributed by atoms with van der Waals surface area (Å²) in [4.78, 5) is 14.5. The fraction of sp³-hybridized carbons (Fsp3) is 0.588. The van der Waals surface area contributed by atoms with Crippen LogP contribution < -0.4 is 14.8 Å². The molecule has 1 atom stereocenters. The zero-order chi connectivity index (χ0) is 16.7. The maximum Gasteiger partial charge on any atom is 0.224 e. The van der Waals surface area contributed by atoms with Crippen molar-refractivity contribution in [1.82, 2.24) is 10.2 Å². The molecule has 1 aliphatic rings. The Morgan fingerprint density at radius 3 is 2.70 bits per heavy atom. The summed E-state index contributed by atoms with van der Waals surface area (Å²) in [5, 5.41) is 3.00. The van der Waals surface area contributed by atoms with Crippen molar-refractivity contribution >= 4 is 5.91 Å². The standard InChI is InChI=1S/C17H26N2O4/c1-13(19-6-8-23-9-7-19)12-18-17(20)11-14-10-15(21-2)4-5-16(14)22-3/h4-5,10,13H,6-9,11-12H2,1-3H3,(H,18,20). The van der Waals surface area contributed by atoms with Gasteiger partial charge in [0.25, 0.3) is 0 Å². The first-order chi connectivity index (χ1) is 11.1. The summed E-state index contributed by atoms with van der Waals surface area (Å²) < 4.78 is 15.9. The van der Waals surface area contributed by atoms with Crippen molar-refractivity contribution < 1.29 is 19.0 Å². The molecule has 1 aromatic rings. The van der Waals surface area contributed by atoms with E-state index in [1.165, 1.54) is 0 Å². The summed E-state index contributed by atoms with van der Waals surface area (Å²) in [7, 11) is 3.21. The second-order valence-corrected chi connectivity index (χ2v) is 5.66. The Bertz CT molecular complexity index is 515. The largest absolute Gasteiger partial charge is 0.497 e. The van der Waals surface area contributed by atoms with Crippen LogP contribution in [0.5, 0.6) is 11.5 Å². The summed E-state index contributed by atoms with van der Waals surface area (Å²) in [6.45, 7) is 6.11. The molecular formula is C17H26N2O4. The molecule has 6 nitrogen and oxygen atoms in total. The van der Waals surface area contributed by atoms with Gasteiger partial charge >= 0.3 is 0 Å². The maximum absolute atomic E-state index is 12.2. The Balaban J connectivity index is 1.86. The topological polar surface area (TPSA) is 60.0 Å². The van der Waals surface area contributed by atoms with E-state index in [1.54, 1.807) is 14.2 Å². The second kappa shape index (κ2) is 8.74. The molecule has 128 valence electrons. The van der Waals surface area contributed by atoms with Gasteiger partial charge < -0.3 is 19.5 Å². The molecule has 1 saturated heterocycles. The Morgan fingerprint density at radius 1 is 1.30 bits per heavy atom. The fourth-order valence-corrected chi connectivity index (χ4v) is 2.66. The number of nitrogens with zero attached hydrogens (tertiary/aromatic N) is 1. The molecule has 1 heterocycles. The Labute approximate surface area is 137 Å². The van der Waals surface area contributed by atoms with Crippen LogP contribution >= 0.6 is 0 Å². The molecule has 1 unspecified atom stereocenters. The second-order valence-electron chi connectivity index (χ2n) is 5.66. The zero-order valence-corrected chi connectivity index (χ0v) is 14.1. The molecule has 1 aromatic carbocycles. The van der Waals surface area contributed by atoms with Crippen molar-refractivity contribution in [2.75, 3.05) is 47.1 Å². The fourth-order valence-electron chi connectivity index (χ4n) is 2.66. The van der Waals surface area contributed by atoms with Crippen molar-refractivity contribution in [2.45, 2.75) is 19.4 Å². The predicted molar refractivity (Wildman–Crippen MR) is 88.1 cm³/mol. The smallest absolute Gasteiger partial charge is 0.224 e. The van der Waals surface area contributed by atoms with E-state index < -0.39 is 0 Å². The van der Waals surface area contributed by atoms with Crippen LogP contribution in [0.25, 0.3) is 0 Å². The number of carbonyl (C=O) groups excluding carboxylic acids is 1. The van der Waals surface area contributed by atoms with Gasteiger partial charge in [-0.2, -0.15) is 0 Å². The maximum atomic E-state index is 12.2. The first kappa shape index (κ1) is 17.6. The van der Waals surface area contributed by atoms with Crippen LogP contribution in [0.3, 0.4) is 0 Å². The lowest BCUT2D eigenvalue weighted by Crippen LogP contribution is -2.47. The number of benzene rings is 1. The van der Waals surface area contributed by atoms with E-state index in [0.29, 0.717) is 18.3 Å². The van der Waals surface area contributed by atoms with Crippen molar-refractivity contribution in [2.24, 2.45) is 0 Å². The van der Waals surface area contributed by atoms with Crippen molar-refractivity contribution in [1.29, 1.82) is 0 Å². The monoisotopic (exact) mass is 322 g/mol. The quantitative estimate of drug-likeness (QED) is 0.814. The zero-order valence-electron chi connectivity index (χ0n) is 14.1. The van der Waals surface area contributed by atoms with Gasteiger partial charge in [-0.3, -0.25) is 9.69 Å². The third kappa shape index (κ3) is 5.11. The van der Waals surface area contributed by atoms with Crippen LogP contribution in [-0.4, -0.2) is 63.9 Å². The van der Waals surface area contributed by atoms with E-state index in [-0.39, 0.29) is 12.3 Å². The van der Waals surface area contributed by atoms with E-state index in [2.05, 4.69) is 17.1 Å². The number of hydrogen-bond acceptors (Lipinski definition) is 5. The Kier molecular flexibility index (Phi) is 6.67. The number of nitrogens with one attached hydrogen (secondary N) is 1. The first-order valence-electron chi connectivity index (χ1n) is 7.93. The van der Waals surface area contributed by atoms with Gasteiger partial charge in [0, 0.05) is 31.2 Å². The molecule has 6 heteroatoms. The number of ether oxygens (including phenoxy) is 3. The summed E-state index contributed by atoms with van der Waals surface area (Å²) in [6.07, 6.45) is 0.274. The molecular weight excluding hydrogens is 296 g/mol. The molecule has 1 fully saturated rings. The highest BCUT2D eigenvalue weighted by Crippen LogP contribution is 2.24. The minimum Gasteiger partial charge on any atom is -0.497 e. The number of hydrogen-bond donors (Lipinski definition) is 1. The molecule has 1 amide bonds. The molecule has 2 rings (SSSR count). The van der Waals surface area contributed by atoms with Gasteiger partial charge in [-0.15, -0.1) is 0 Å². The summed E-state index contributed by atoms with van der Waals surface area (Å²) >= 11 is 0. The van der Waals surface area contributed by atoms with E-state index in [4.69, 9.17) is 14.2 Å². The number of carbonyl (C=O) groups is 1. The van der Waals surface area contributed by atoms with Crippen LogP contribution in [0.1, 0.15) is 12.5 Å². The summed E-state index contributed by atoms with van der Waals surface area (Å²) in [6, 6.07) is 5.78. The number of amides is 1. The Morgan fingerprint density at radius 2 is 2.04 bits per heavy atom. The highest BCUT2D eigenvalue weighted by atomic mass is 16.5. The molecule has 0 spiro atoms. The van der Waals surface area contributed by atoms with Crippen LogP contribution in [0, 0.1) is 0 Å². The van der Waals surface area contributed by atoms with Gasteiger partial charge in [0.1, 0.15) is 11.5 Å². The van der Waals surface area contributed by atoms with Gasteiger partial charge in [-0.05, 0) is 25.1 Å². The predicted octanol–water partition coefficient (Wildman–Crippen LogP) is 1.08. The van der Waals surface area contributed by atoms with Crippen molar-refractivity contribution in [3.8, 4) is 11.5 Å². The third-order valence-electron chi connectivity index (χ3n) is 4.10. The van der Waals surface area contributed by atoms with Gasteiger partial charge in [-0.1, -0.05) is 0 Å². The van der Waals surface area contributed by atoms with E-state index >= 15 is 0 Å². The minimum atomic E-state index is -0.0170. The molecule has 1 N–H and O–H groups in total. The van der Waals surface area contributed by atoms with Crippen LogP contribution in [0.2, 0.25) is 0 Å². The lowest BCUT2D eigenvalue weighted by atomic mass is 10.1. The van der Waals surface area contributed by atoms with E-state index in [9.17, 15) is 4.79 Å². The van der Waals surface area contributed by atoms with Gasteiger partial charge in [0.2, 0.25) is 5.91 Å². The van der Waals surface area contributed by atoms with E-state index in [1.807, 2.05) is 18.2 Å². The molecule has 0 aromatic heterocycles. The highest BCUT2D eigenvalue weighted by Gasteiger charge is 2.18. The normalized spacial score (nSPS) is 16.7. The molecule has 23 heavy (non-hydrogen) atoms. The van der Waals surface area contributed by atoms with Crippen LogP contribution in [-0.2, 0) is 16.0 Å². The van der Waals surface area contributed by atoms with Crippen LogP contribution in [0.15, 0.2) is 18.2 Å². The number of methoxy groups -OCH3 is 2. The number of rotatable bonds is 7. The Hall–Kier alpha value is -1.79. The summed E-state index contributed by atoms with van der Waals surface area (Å²) in [5.74, 6) is 1.40. The summed E-state index contributed by atoms with van der Waals surface area (Å²) in [5.41, 5.74) is 0.823. The van der Waals surface area contributed by atoms with Crippen molar-refractivity contribution in [3.05, 3.63) is 23.8 Å². The molecule has 0 radical (unpaired) electrons. The first-order valence-corrected chi connectivity index (χ1v) is 7.93. The molecule has 0 aliphatic carbocycles. The van der Waals surface area contributed by atoms with Crippen molar-refractivity contribution in [3.63, 3.8) is 0 Å². The van der Waals surface area contributed by atoms with Gasteiger partial charge in [0.05, 0.1) is 33.9 Å². The molecule has 1 aliphatic heterocycles. The number of morpholine rings is 1. The highest BCUT2D eigenvalue weighted by molar-refractivity contribution is 5.79. The average Bonchev–Trinajstić information content (AvgIpc) is 2.60. The lowest BCUT2D eigenvalue weighted by molar-refractivity contribution is -0.120. The molecule has 0 bridgehead atoms. The minimum absolute atomic E-state index is 0.0170. The average molecular weight is 322 g/mol. The van der Waals surface area contributed by atoms with Crippen LogP contribution in [0.4, 0.5) is 0 Å². The SMILES string of the molecule is COc1ccc(OC)c(CC(=O)NCC(C)N2CCOCC2)c1.